The molecule has 1 atom stereocenters. The number of hydrogen-bond donors (Lipinski definition) is 2. The molecule has 0 fully saturated rings. The highest BCUT2D eigenvalue weighted by Crippen LogP contribution is 2.08. The molecule has 1 aromatic heterocycles. The molecule has 0 aliphatic heterocycles. The summed E-state index contributed by atoms with van der Waals surface area (Å²) in [6.45, 7) is 1.90. The summed E-state index contributed by atoms with van der Waals surface area (Å²) in [7, 11) is 3.25. The molecule has 0 aliphatic rings. The minimum absolute atomic E-state index is 0.220. The van der Waals surface area contributed by atoms with Crippen LogP contribution >= 0.6 is 0 Å². The molecule has 0 spiro atoms. The SMILES string of the molecule is CCCC(Nc1ccc(C(=O)N(C)C)nn1)C(=O)O. The van der Waals surface area contributed by atoms with E-state index in [1.165, 1.54) is 11.0 Å². The Morgan fingerprint density at radius 2 is 2.05 bits per heavy atom. The van der Waals surface area contributed by atoms with E-state index in [0.717, 1.165) is 6.42 Å². The number of carbonyl (C=O) groups excluding carboxylic acids is 1. The number of carboxylic acid groups (broad SMARTS) is 1. The first-order valence-corrected chi connectivity index (χ1v) is 6.00. The molecule has 2 N–H and O–H groups in total. The van der Waals surface area contributed by atoms with E-state index in [9.17, 15) is 9.59 Å². The Morgan fingerprint density at radius 3 is 2.47 bits per heavy atom. The van der Waals surface area contributed by atoms with Gasteiger partial charge in [0.2, 0.25) is 0 Å². The van der Waals surface area contributed by atoms with Gasteiger partial charge in [0, 0.05) is 14.1 Å². The third-order valence-corrected chi connectivity index (χ3v) is 2.49. The van der Waals surface area contributed by atoms with Gasteiger partial charge in [-0.3, -0.25) is 4.79 Å². The largest absolute Gasteiger partial charge is 0.480 e. The molecule has 0 saturated carbocycles. The van der Waals surface area contributed by atoms with Crippen LogP contribution in [0.2, 0.25) is 0 Å². The van der Waals surface area contributed by atoms with Crippen molar-refractivity contribution in [2.24, 2.45) is 0 Å². The number of carbonyl (C=O) groups is 2. The number of amides is 1. The Morgan fingerprint density at radius 1 is 1.37 bits per heavy atom. The van der Waals surface area contributed by atoms with Crippen molar-refractivity contribution in [2.45, 2.75) is 25.8 Å². The van der Waals surface area contributed by atoms with Crippen LogP contribution < -0.4 is 5.32 Å². The lowest BCUT2D eigenvalue weighted by Gasteiger charge is -2.14. The second-order valence-electron chi connectivity index (χ2n) is 4.33. The number of rotatable bonds is 6. The summed E-state index contributed by atoms with van der Waals surface area (Å²) in [6, 6.07) is 2.37. The predicted octanol–water partition coefficient (Wildman–Crippen LogP) is 0.844. The highest BCUT2D eigenvalue weighted by Gasteiger charge is 2.17. The van der Waals surface area contributed by atoms with E-state index >= 15 is 0 Å². The Labute approximate surface area is 111 Å². The van der Waals surface area contributed by atoms with E-state index in [1.807, 2.05) is 6.92 Å². The second kappa shape index (κ2) is 6.67. The lowest BCUT2D eigenvalue weighted by Crippen LogP contribution is -2.29. The lowest BCUT2D eigenvalue weighted by molar-refractivity contribution is -0.138. The molecule has 1 heterocycles. The molecule has 0 bridgehead atoms. The average Bonchev–Trinajstić information content (AvgIpc) is 2.38. The maximum absolute atomic E-state index is 11.6. The van der Waals surface area contributed by atoms with E-state index < -0.39 is 12.0 Å². The van der Waals surface area contributed by atoms with Gasteiger partial charge in [-0.2, -0.15) is 0 Å². The summed E-state index contributed by atoms with van der Waals surface area (Å²) >= 11 is 0. The van der Waals surface area contributed by atoms with Crippen molar-refractivity contribution in [2.75, 3.05) is 19.4 Å². The molecule has 1 unspecified atom stereocenters. The van der Waals surface area contributed by atoms with Crippen LogP contribution in [0.25, 0.3) is 0 Å². The molecule has 0 aromatic carbocycles. The molecular weight excluding hydrogens is 248 g/mol. The Kier molecular flexibility index (Phi) is 5.23. The lowest BCUT2D eigenvalue weighted by atomic mass is 10.2. The molecule has 1 rings (SSSR count). The zero-order valence-electron chi connectivity index (χ0n) is 11.3. The summed E-state index contributed by atoms with van der Waals surface area (Å²) in [5.41, 5.74) is 0.220. The van der Waals surface area contributed by atoms with E-state index in [1.54, 1.807) is 20.2 Å². The third-order valence-electron chi connectivity index (χ3n) is 2.49. The molecule has 0 radical (unpaired) electrons. The van der Waals surface area contributed by atoms with Crippen molar-refractivity contribution >= 4 is 17.7 Å². The van der Waals surface area contributed by atoms with Crippen LogP contribution in [0.1, 0.15) is 30.3 Å². The van der Waals surface area contributed by atoms with E-state index in [2.05, 4.69) is 15.5 Å². The van der Waals surface area contributed by atoms with E-state index in [-0.39, 0.29) is 11.6 Å². The van der Waals surface area contributed by atoms with Gasteiger partial charge in [-0.1, -0.05) is 13.3 Å². The number of aromatic nitrogens is 2. The standard InChI is InChI=1S/C12H18N4O3/c1-4-5-9(12(18)19)13-10-7-6-8(14-15-10)11(17)16(2)3/h6-7,9H,4-5H2,1-3H3,(H,13,15)(H,18,19). The van der Waals surface area contributed by atoms with Crippen LogP contribution in [0.15, 0.2) is 12.1 Å². The van der Waals surface area contributed by atoms with Gasteiger partial charge in [-0.25, -0.2) is 4.79 Å². The van der Waals surface area contributed by atoms with E-state index in [4.69, 9.17) is 5.11 Å². The van der Waals surface area contributed by atoms with Gasteiger partial charge in [0.05, 0.1) is 0 Å². The Bertz CT molecular complexity index is 445. The summed E-state index contributed by atoms with van der Waals surface area (Å²) in [6.07, 6.45) is 1.24. The smallest absolute Gasteiger partial charge is 0.326 e. The second-order valence-corrected chi connectivity index (χ2v) is 4.33. The van der Waals surface area contributed by atoms with Gasteiger partial charge in [-0.05, 0) is 18.6 Å². The average molecular weight is 266 g/mol. The number of nitrogens with zero attached hydrogens (tertiary/aromatic N) is 3. The third kappa shape index (κ3) is 4.20. The van der Waals surface area contributed by atoms with Gasteiger partial charge in [0.1, 0.15) is 11.9 Å². The van der Waals surface area contributed by atoms with Crippen molar-refractivity contribution in [3.05, 3.63) is 17.8 Å². The maximum atomic E-state index is 11.6. The number of hydrogen-bond acceptors (Lipinski definition) is 5. The van der Waals surface area contributed by atoms with Crippen LogP contribution in [0.4, 0.5) is 5.82 Å². The summed E-state index contributed by atoms with van der Waals surface area (Å²) in [4.78, 5) is 24.0. The highest BCUT2D eigenvalue weighted by atomic mass is 16.4. The molecule has 0 aliphatic carbocycles. The fraction of sp³-hybridized carbons (Fsp3) is 0.500. The minimum atomic E-state index is -0.933. The molecule has 104 valence electrons. The number of anilines is 1. The van der Waals surface area contributed by atoms with Gasteiger partial charge < -0.3 is 15.3 Å². The topological polar surface area (TPSA) is 95.4 Å². The molecular formula is C12H18N4O3. The fourth-order valence-electron chi connectivity index (χ4n) is 1.48. The summed E-state index contributed by atoms with van der Waals surface area (Å²) in [5.74, 6) is -0.837. The molecule has 1 aromatic rings. The molecule has 1 amide bonds. The Balaban J connectivity index is 2.76. The monoisotopic (exact) mass is 266 g/mol. The summed E-state index contributed by atoms with van der Waals surface area (Å²) in [5, 5.41) is 19.4. The van der Waals surface area contributed by atoms with Crippen molar-refractivity contribution in [1.82, 2.24) is 15.1 Å². The number of aliphatic carboxylic acids is 1. The van der Waals surface area contributed by atoms with Gasteiger partial charge in [0.15, 0.2) is 5.69 Å². The number of nitrogens with one attached hydrogen (secondary N) is 1. The normalized spacial score (nSPS) is 11.7. The molecule has 0 saturated heterocycles. The predicted molar refractivity (Wildman–Crippen MR) is 70.0 cm³/mol. The van der Waals surface area contributed by atoms with Crippen molar-refractivity contribution in [3.8, 4) is 0 Å². The summed E-state index contributed by atoms with van der Waals surface area (Å²) < 4.78 is 0. The van der Waals surface area contributed by atoms with Crippen LogP contribution in [0.3, 0.4) is 0 Å². The first-order chi connectivity index (χ1) is 8.95. The quantitative estimate of drug-likeness (QED) is 0.792. The van der Waals surface area contributed by atoms with Crippen molar-refractivity contribution in [3.63, 3.8) is 0 Å². The zero-order valence-corrected chi connectivity index (χ0v) is 11.3. The highest BCUT2D eigenvalue weighted by molar-refractivity contribution is 5.91. The minimum Gasteiger partial charge on any atom is -0.480 e. The first kappa shape index (κ1) is 14.9. The van der Waals surface area contributed by atoms with Gasteiger partial charge in [-0.15, -0.1) is 10.2 Å². The van der Waals surface area contributed by atoms with Gasteiger partial charge in [0.25, 0.3) is 5.91 Å². The fourth-order valence-corrected chi connectivity index (χ4v) is 1.48. The molecule has 7 nitrogen and oxygen atoms in total. The van der Waals surface area contributed by atoms with E-state index in [0.29, 0.717) is 12.2 Å². The molecule has 7 heteroatoms. The molecule has 19 heavy (non-hydrogen) atoms. The zero-order chi connectivity index (χ0) is 14.4. The van der Waals surface area contributed by atoms with Crippen LogP contribution in [-0.2, 0) is 4.79 Å². The van der Waals surface area contributed by atoms with Gasteiger partial charge >= 0.3 is 5.97 Å². The number of carboxylic acids is 1. The van der Waals surface area contributed by atoms with Crippen LogP contribution in [0.5, 0.6) is 0 Å². The van der Waals surface area contributed by atoms with Crippen molar-refractivity contribution < 1.29 is 14.7 Å². The Hall–Kier alpha value is -2.18. The maximum Gasteiger partial charge on any atom is 0.326 e. The first-order valence-electron chi connectivity index (χ1n) is 6.00. The van der Waals surface area contributed by atoms with Crippen molar-refractivity contribution in [1.29, 1.82) is 0 Å². The van der Waals surface area contributed by atoms with Crippen LogP contribution in [0, 0.1) is 0 Å². The van der Waals surface area contributed by atoms with Crippen LogP contribution in [-0.4, -0.2) is 52.2 Å².